The van der Waals surface area contributed by atoms with Crippen LogP contribution in [0.1, 0.15) is 25.3 Å². The van der Waals surface area contributed by atoms with Crippen LogP contribution in [0.25, 0.3) is 0 Å². The van der Waals surface area contributed by atoms with E-state index in [-0.39, 0.29) is 12.0 Å². The van der Waals surface area contributed by atoms with E-state index in [1.807, 2.05) is 0 Å². The molecule has 0 bridgehead atoms. The van der Waals surface area contributed by atoms with E-state index in [9.17, 15) is 34.4 Å². The maximum absolute atomic E-state index is 11.6. The summed E-state index contributed by atoms with van der Waals surface area (Å²) >= 11 is 0. The summed E-state index contributed by atoms with van der Waals surface area (Å²) in [4.78, 5) is -4.44. The lowest BCUT2D eigenvalue weighted by Gasteiger charge is -2.16. The molecule has 0 spiro atoms. The topological polar surface area (TPSA) is 189 Å². The van der Waals surface area contributed by atoms with E-state index in [0.29, 0.717) is 18.9 Å². The molecular formula is C10H15NO9S3. The zero-order valence-electron chi connectivity index (χ0n) is 11.8. The first-order chi connectivity index (χ1) is 10.2. The second kappa shape index (κ2) is 6.33. The first-order valence-electron chi connectivity index (χ1n) is 6.09. The number of hydrogen-bond donors (Lipinski definition) is 4. The maximum Gasteiger partial charge on any atom is 0.297 e. The third kappa shape index (κ3) is 4.39. The Hall–Kier alpha value is -1.25. The van der Waals surface area contributed by atoms with Crippen molar-refractivity contribution in [3.05, 3.63) is 11.6 Å². The van der Waals surface area contributed by atoms with E-state index in [2.05, 4.69) is 0 Å². The Labute approximate surface area is 133 Å². The van der Waals surface area contributed by atoms with Gasteiger partial charge in [0.2, 0.25) is 0 Å². The Kier molecular flexibility index (Phi) is 5.45. The third-order valence-corrected chi connectivity index (χ3v) is 5.96. The molecule has 10 nitrogen and oxygen atoms in total. The van der Waals surface area contributed by atoms with Crippen LogP contribution in [0, 0.1) is 0 Å². The molecule has 1 rings (SSSR count). The van der Waals surface area contributed by atoms with E-state index >= 15 is 0 Å². The average Bonchev–Trinajstić information content (AvgIpc) is 2.32. The molecule has 0 fully saturated rings. The van der Waals surface area contributed by atoms with E-state index in [4.69, 9.17) is 10.3 Å². The quantitative estimate of drug-likeness (QED) is 0.390. The van der Waals surface area contributed by atoms with E-state index < -0.39 is 50.7 Å². The Balaban J connectivity index is 4.17. The van der Waals surface area contributed by atoms with Crippen molar-refractivity contribution < 1.29 is 38.9 Å². The summed E-state index contributed by atoms with van der Waals surface area (Å²) < 4.78 is 96.2. The Morgan fingerprint density at radius 1 is 0.913 bits per heavy atom. The van der Waals surface area contributed by atoms with Crippen molar-refractivity contribution in [1.82, 2.24) is 0 Å². The summed E-state index contributed by atoms with van der Waals surface area (Å²) in [7, 11) is -16.0. The summed E-state index contributed by atoms with van der Waals surface area (Å²) in [5.41, 5.74) is 4.71. The molecule has 0 aliphatic carbocycles. The minimum absolute atomic E-state index is 0.105. The highest BCUT2D eigenvalue weighted by molar-refractivity contribution is 7.90. The van der Waals surface area contributed by atoms with Crippen LogP contribution in [-0.2, 0) is 36.8 Å². The number of nitrogen functional groups attached to an aromatic ring is 1. The molecule has 1 aromatic rings. The van der Waals surface area contributed by atoms with Gasteiger partial charge in [0.15, 0.2) is 0 Å². The molecule has 0 aliphatic heterocycles. The molecule has 0 amide bonds. The van der Waals surface area contributed by atoms with E-state index in [0.717, 1.165) is 0 Å². The van der Waals surface area contributed by atoms with Gasteiger partial charge in [-0.3, -0.25) is 13.7 Å². The van der Waals surface area contributed by atoms with Crippen LogP contribution in [0.2, 0.25) is 0 Å². The number of anilines is 1. The standard InChI is InChI=1S/C10H15NO9S3/c1-2-3-4-6-7(11)5-8(21(12,13)14)10(23(18,19)20)9(6)22(15,16)17/h5H,2-4,11H2,1H3,(H,12,13,14)(H,15,16,17)(H,18,19,20). The van der Waals surface area contributed by atoms with Gasteiger partial charge >= 0.3 is 0 Å². The summed E-state index contributed by atoms with van der Waals surface area (Å²) in [5, 5.41) is 0. The summed E-state index contributed by atoms with van der Waals surface area (Å²) in [6, 6.07) is 0.512. The number of hydrogen-bond acceptors (Lipinski definition) is 7. The number of rotatable bonds is 6. The van der Waals surface area contributed by atoms with Gasteiger partial charge in [0.25, 0.3) is 30.4 Å². The fourth-order valence-electron chi connectivity index (χ4n) is 1.99. The molecule has 1 aromatic carbocycles. The molecule has 0 aliphatic rings. The lowest BCUT2D eigenvalue weighted by molar-refractivity contribution is 0.454. The monoisotopic (exact) mass is 389 g/mol. The normalized spacial score (nSPS) is 13.2. The molecule has 0 aromatic heterocycles. The second-order valence-electron chi connectivity index (χ2n) is 4.63. The predicted molar refractivity (Wildman–Crippen MR) is 78.9 cm³/mol. The first-order valence-corrected chi connectivity index (χ1v) is 10.4. The van der Waals surface area contributed by atoms with Gasteiger partial charge in [-0.2, -0.15) is 25.3 Å². The molecule has 5 N–H and O–H groups in total. The molecule has 13 heteroatoms. The van der Waals surface area contributed by atoms with E-state index in [1.165, 1.54) is 0 Å². The smallest absolute Gasteiger partial charge is 0.297 e. The van der Waals surface area contributed by atoms with Gasteiger partial charge in [0.1, 0.15) is 14.7 Å². The van der Waals surface area contributed by atoms with Crippen LogP contribution < -0.4 is 5.73 Å². The molecule has 0 saturated carbocycles. The summed E-state index contributed by atoms with van der Waals surface area (Å²) in [6.45, 7) is 1.74. The van der Waals surface area contributed by atoms with Crippen LogP contribution in [-0.4, -0.2) is 38.9 Å². The highest BCUT2D eigenvalue weighted by Gasteiger charge is 2.35. The van der Waals surface area contributed by atoms with Gasteiger partial charge in [-0.25, -0.2) is 0 Å². The minimum Gasteiger partial charge on any atom is -0.398 e. The van der Waals surface area contributed by atoms with Gasteiger partial charge in [-0.15, -0.1) is 0 Å². The molecule has 0 atom stereocenters. The molecular weight excluding hydrogens is 374 g/mol. The number of unbranched alkanes of at least 4 members (excludes halogenated alkanes) is 1. The first kappa shape index (κ1) is 19.8. The third-order valence-electron chi connectivity index (χ3n) is 2.91. The summed E-state index contributed by atoms with van der Waals surface area (Å²) in [6.07, 6.45) is 0.778. The van der Waals surface area contributed by atoms with Gasteiger partial charge in [-0.05, 0) is 24.5 Å². The highest BCUT2D eigenvalue weighted by Crippen LogP contribution is 2.35. The van der Waals surface area contributed by atoms with Crippen LogP contribution in [0.5, 0.6) is 0 Å². The lowest BCUT2D eigenvalue weighted by Crippen LogP contribution is -2.18. The van der Waals surface area contributed by atoms with Crippen LogP contribution in [0.4, 0.5) is 5.69 Å². The predicted octanol–water partition coefficient (Wildman–Crippen LogP) is 0.352. The zero-order valence-corrected chi connectivity index (χ0v) is 14.2. The fourth-order valence-corrected chi connectivity index (χ4v) is 5.48. The van der Waals surface area contributed by atoms with Crippen molar-refractivity contribution in [3.63, 3.8) is 0 Å². The lowest BCUT2D eigenvalue weighted by atomic mass is 10.1. The van der Waals surface area contributed by atoms with Crippen LogP contribution in [0.15, 0.2) is 20.8 Å². The van der Waals surface area contributed by atoms with Gasteiger partial charge in [0, 0.05) is 5.69 Å². The van der Waals surface area contributed by atoms with Crippen LogP contribution >= 0.6 is 0 Å². The zero-order chi connectivity index (χ0) is 18.2. The van der Waals surface area contributed by atoms with Gasteiger partial charge in [-0.1, -0.05) is 13.3 Å². The van der Waals surface area contributed by atoms with Crippen molar-refractivity contribution in [1.29, 1.82) is 0 Å². The maximum atomic E-state index is 11.6. The minimum atomic E-state index is -5.43. The largest absolute Gasteiger partial charge is 0.398 e. The van der Waals surface area contributed by atoms with Crippen molar-refractivity contribution in [2.45, 2.75) is 40.9 Å². The Morgan fingerprint density at radius 2 is 1.39 bits per heavy atom. The molecule has 23 heavy (non-hydrogen) atoms. The highest BCUT2D eigenvalue weighted by atomic mass is 32.2. The Morgan fingerprint density at radius 3 is 1.74 bits per heavy atom. The molecule has 0 heterocycles. The summed E-state index contributed by atoms with van der Waals surface area (Å²) in [5.74, 6) is 0. The number of nitrogens with two attached hydrogens (primary N) is 1. The fraction of sp³-hybridized carbons (Fsp3) is 0.400. The van der Waals surface area contributed by atoms with Crippen molar-refractivity contribution in [2.24, 2.45) is 0 Å². The molecule has 132 valence electrons. The Bertz CT molecular complexity index is 930. The molecule has 0 radical (unpaired) electrons. The molecule has 0 saturated heterocycles. The van der Waals surface area contributed by atoms with Crippen LogP contribution in [0.3, 0.4) is 0 Å². The van der Waals surface area contributed by atoms with Gasteiger partial charge in [0.05, 0.1) is 0 Å². The van der Waals surface area contributed by atoms with E-state index in [1.54, 1.807) is 6.92 Å². The molecule has 0 unspecified atom stereocenters. The second-order valence-corrected chi connectivity index (χ2v) is 8.74. The number of benzene rings is 1. The van der Waals surface area contributed by atoms with Gasteiger partial charge < -0.3 is 5.73 Å². The van der Waals surface area contributed by atoms with Crippen molar-refractivity contribution in [3.8, 4) is 0 Å². The van der Waals surface area contributed by atoms with Crippen molar-refractivity contribution in [2.75, 3.05) is 5.73 Å². The SMILES string of the molecule is CCCCc1c(N)cc(S(=O)(=O)O)c(S(=O)(=O)O)c1S(=O)(=O)O. The van der Waals surface area contributed by atoms with Crippen molar-refractivity contribution >= 4 is 36.0 Å². The average molecular weight is 389 g/mol.